The van der Waals surface area contributed by atoms with Crippen molar-refractivity contribution in [2.45, 2.75) is 32.0 Å². The van der Waals surface area contributed by atoms with Gasteiger partial charge >= 0.3 is 0 Å². The molecular weight excluding hydrogens is 302 g/mol. The van der Waals surface area contributed by atoms with Crippen LogP contribution in [0.1, 0.15) is 35.2 Å². The van der Waals surface area contributed by atoms with Gasteiger partial charge in [-0.1, -0.05) is 36.8 Å². The molecule has 2 aromatic carbocycles. The summed E-state index contributed by atoms with van der Waals surface area (Å²) in [6.07, 6.45) is 2.59. The third kappa shape index (κ3) is 4.36. The molecule has 0 spiro atoms. The van der Waals surface area contributed by atoms with Gasteiger partial charge in [-0.25, -0.2) is 0 Å². The second kappa shape index (κ2) is 7.97. The highest BCUT2D eigenvalue weighted by Crippen LogP contribution is 2.24. The van der Waals surface area contributed by atoms with Gasteiger partial charge in [0.25, 0.3) is 5.91 Å². The van der Waals surface area contributed by atoms with Crippen LogP contribution in [0.4, 0.5) is 0 Å². The zero-order chi connectivity index (χ0) is 16.8. The fraction of sp³-hybridized carbons (Fsp3) is 0.350. The number of carbonyl (C=O) groups excluding carboxylic acids is 1. The van der Waals surface area contributed by atoms with Crippen molar-refractivity contribution >= 4 is 5.91 Å². The Kier molecular flexibility index (Phi) is 5.49. The Labute approximate surface area is 142 Å². The van der Waals surface area contributed by atoms with E-state index >= 15 is 0 Å². The quantitative estimate of drug-likeness (QED) is 0.858. The highest BCUT2D eigenvalue weighted by atomic mass is 16.5. The summed E-state index contributed by atoms with van der Waals surface area (Å²) >= 11 is 0. The van der Waals surface area contributed by atoms with Gasteiger partial charge in [0, 0.05) is 18.0 Å². The van der Waals surface area contributed by atoms with Crippen LogP contribution in [0.2, 0.25) is 0 Å². The minimum absolute atomic E-state index is 0.0929. The van der Waals surface area contributed by atoms with Crippen molar-refractivity contribution in [2.24, 2.45) is 5.92 Å². The van der Waals surface area contributed by atoms with Crippen molar-refractivity contribution in [1.82, 2.24) is 5.32 Å². The predicted octanol–water partition coefficient (Wildman–Crippen LogP) is 3.16. The molecule has 4 heteroatoms. The maximum Gasteiger partial charge on any atom is 0.251 e. The predicted molar refractivity (Wildman–Crippen MR) is 92.9 cm³/mol. The summed E-state index contributed by atoms with van der Waals surface area (Å²) < 4.78 is 5.69. The molecule has 0 aromatic heterocycles. The van der Waals surface area contributed by atoms with Gasteiger partial charge in [0.1, 0.15) is 12.4 Å². The topological polar surface area (TPSA) is 58.6 Å². The molecule has 4 nitrogen and oxygen atoms in total. The Bertz CT molecular complexity index is 654. The number of rotatable bonds is 6. The van der Waals surface area contributed by atoms with Crippen molar-refractivity contribution in [3.63, 3.8) is 0 Å². The Morgan fingerprint density at radius 3 is 2.50 bits per heavy atom. The molecule has 2 unspecified atom stereocenters. The van der Waals surface area contributed by atoms with Gasteiger partial charge in [-0.3, -0.25) is 4.79 Å². The Morgan fingerprint density at radius 2 is 1.83 bits per heavy atom. The van der Waals surface area contributed by atoms with Crippen molar-refractivity contribution < 1.29 is 14.6 Å². The Hall–Kier alpha value is -2.33. The van der Waals surface area contributed by atoms with Crippen LogP contribution < -0.4 is 10.1 Å². The van der Waals surface area contributed by atoms with Crippen LogP contribution in [0, 0.1) is 5.92 Å². The molecule has 1 saturated carbocycles. The lowest BCUT2D eigenvalue weighted by Crippen LogP contribution is -2.32. The Balaban J connectivity index is 1.49. The minimum Gasteiger partial charge on any atom is -0.489 e. The van der Waals surface area contributed by atoms with Crippen molar-refractivity contribution in [3.8, 4) is 5.75 Å². The molecule has 2 aromatic rings. The number of para-hydroxylation sites is 1. The largest absolute Gasteiger partial charge is 0.489 e. The first kappa shape index (κ1) is 16.5. The smallest absolute Gasteiger partial charge is 0.251 e. The second-order valence-corrected chi connectivity index (χ2v) is 6.27. The summed E-state index contributed by atoms with van der Waals surface area (Å²) in [7, 11) is 0. The summed E-state index contributed by atoms with van der Waals surface area (Å²) in [4.78, 5) is 12.2. The number of aliphatic hydroxyl groups is 1. The third-order valence-electron chi connectivity index (χ3n) is 4.51. The van der Waals surface area contributed by atoms with Gasteiger partial charge in [-0.05, 0) is 42.7 Å². The molecule has 1 aliphatic carbocycles. The molecule has 0 bridgehead atoms. The molecule has 1 fully saturated rings. The first-order chi connectivity index (χ1) is 11.7. The summed E-state index contributed by atoms with van der Waals surface area (Å²) in [6.45, 7) is 1.01. The number of amides is 1. The van der Waals surface area contributed by atoms with Crippen LogP contribution in [0.5, 0.6) is 5.75 Å². The third-order valence-corrected chi connectivity index (χ3v) is 4.51. The average molecular weight is 325 g/mol. The first-order valence-electron chi connectivity index (χ1n) is 8.45. The van der Waals surface area contributed by atoms with Gasteiger partial charge in [0.15, 0.2) is 0 Å². The number of nitrogens with one attached hydrogen (secondary N) is 1. The second-order valence-electron chi connectivity index (χ2n) is 6.27. The van der Waals surface area contributed by atoms with E-state index in [0.29, 0.717) is 18.7 Å². The van der Waals surface area contributed by atoms with Crippen molar-refractivity contribution in [1.29, 1.82) is 0 Å². The lowest BCUT2D eigenvalue weighted by molar-refractivity contribution is 0.0916. The molecular formula is C20H23NO3. The standard InChI is InChI=1S/C20H23NO3/c22-19-8-4-5-17(19)13-21-20(23)16-11-9-15(10-12-16)14-24-18-6-2-1-3-7-18/h1-3,6-7,9-12,17,19,22H,4-5,8,13-14H2,(H,21,23). The number of carbonyl (C=O) groups is 1. The minimum atomic E-state index is -0.275. The molecule has 2 atom stereocenters. The lowest BCUT2D eigenvalue weighted by Gasteiger charge is -2.15. The molecule has 1 amide bonds. The number of hydrogen-bond donors (Lipinski definition) is 2. The molecule has 2 N–H and O–H groups in total. The van der Waals surface area contributed by atoms with E-state index in [1.165, 1.54) is 0 Å². The molecule has 0 radical (unpaired) electrons. The van der Waals surface area contributed by atoms with Gasteiger partial charge in [-0.15, -0.1) is 0 Å². The maximum atomic E-state index is 12.2. The zero-order valence-corrected chi connectivity index (χ0v) is 13.7. The average Bonchev–Trinajstić information content (AvgIpc) is 3.04. The highest BCUT2D eigenvalue weighted by molar-refractivity contribution is 5.94. The lowest BCUT2D eigenvalue weighted by atomic mass is 10.1. The highest BCUT2D eigenvalue weighted by Gasteiger charge is 2.25. The van der Waals surface area contributed by atoms with Gasteiger partial charge in [0.2, 0.25) is 0 Å². The molecule has 1 aliphatic rings. The molecule has 126 valence electrons. The van der Waals surface area contributed by atoms with Gasteiger partial charge < -0.3 is 15.2 Å². The number of benzene rings is 2. The fourth-order valence-corrected chi connectivity index (χ4v) is 3.02. The molecule has 0 aliphatic heterocycles. The summed E-state index contributed by atoms with van der Waals surface area (Å²) in [5, 5.41) is 12.7. The normalized spacial score (nSPS) is 19.9. The number of aliphatic hydroxyl groups excluding tert-OH is 1. The fourth-order valence-electron chi connectivity index (χ4n) is 3.02. The van der Waals surface area contributed by atoms with E-state index in [0.717, 1.165) is 30.6 Å². The van der Waals surface area contributed by atoms with Crippen LogP contribution in [-0.4, -0.2) is 23.7 Å². The number of hydrogen-bond acceptors (Lipinski definition) is 3. The van der Waals surface area contributed by atoms with Gasteiger partial charge in [-0.2, -0.15) is 0 Å². The van der Waals surface area contributed by atoms with Crippen LogP contribution in [-0.2, 0) is 6.61 Å². The SMILES string of the molecule is O=C(NCC1CCCC1O)c1ccc(COc2ccccc2)cc1. The van der Waals surface area contributed by atoms with Crippen LogP contribution >= 0.6 is 0 Å². The summed E-state index contributed by atoms with van der Waals surface area (Å²) in [5.41, 5.74) is 1.65. The summed E-state index contributed by atoms with van der Waals surface area (Å²) in [5.74, 6) is 0.923. The van der Waals surface area contributed by atoms with E-state index in [1.807, 2.05) is 54.6 Å². The van der Waals surface area contributed by atoms with E-state index in [4.69, 9.17) is 4.74 Å². The molecule has 0 saturated heterocycles. The van der Waals surface area contributed by atoms with E-state index in [1.54, 1.807) is 0 Å². The molecule has 3 rings (SSSR count). The monoisotopic (exact) mass is 325 g/mol. The van der Waals surface area contributed by atoms with E-state index in [9.17, 15) is 9.90 Å². The van der Waals surface area contributed by atoms with E-state index in [2.05, 4.69) is 5.32 Å². The molecule has 24 heavy (non-hydrogen) atoms. The van der Waals surface area contributed by atoms with Crippen molar-refractivity contribution in [3.05, 3.63) is 65.7 Å². The zero-order valence-electron chi connectivity index (χ0n) is 13.7. The van der Waals surface area contributed by atoms with Crippen LogP contribution in [0.25, 0.3) is 0 Å². The first-order valence-corrected chi connectivity index (χ1v) is 8.45. The molecule has 0 heterocycles. The van der Waals surface area contributed by atoms with E-state index in [-0.39, 0.29) is 17.9 Å². The summed E-state index contributed by atoms with van der Waals surface area (Å²) in [6, 6.07) is 17.1. The Morgan fingerprint density at radius 1 is 1.08 bits per heavy atom. The van der Waals surface area contributed by atoms with Crippen molar-refractivity contribution in [2.75, 3.05) is 6.54 Å². The van der Waals surface area contributed by atoms with E-state index < -0.39 is 0 Å². The van der Waals surface area contributed by atoms with Crippen LogP contribution in [0.3, 0.4) is 0 Å². The van der Waals surface area contributed by atoms with Gasteiger partial charge in [0.05, 0.1) is 6.10 Å². The maximum absolute atomic E-state index is 12.2. The number of ether oxygens (including phenoxy) is 1. The van der Waals surface area contributed by atoms with Crippen LogP contribution in [0.15, 0.2) is 54.6 Å².